The predicted octanol–water partition coefficient (Wildman–Crippen LogP) is 1.56. The van der Waals surface area contributed by atoms with E-state index in [-0.39, 0.29) is 29.1 Å². The molecule has 19 heteroatoms. The maximum Gasteiger partial charge on any atom is 0.298 e. The van der Waals surface area contributed by atoms with Gasteiger partial charge in [0.1, 0.15) is 21.2 Å². The molecule has 204 valence electrons. The third-order valence-electron chi connectivity index (χ3n) is 4.81. The summed E-state index contributed by atoms with van der Waals surface area (Å²) >= 11 is 0. The number of carbonyl (C=O) groups is 1. The van der Waals surface area contributed by atoms with Gasteiger partial charge < -0.3 is 20.8 Å². The zero-order valence-corrected chi connectivity index (χ0v) is 21.3. The molecule has 0 heterocycles. The van der Waals surface area contributed by atoms with Gasteiger partial charge in [0.2, 0.25) is 5.91 Å². The Bertz CT molecular complexity index is 1820. The average Bonchev–Trinajstić information content (AvgIpc) is 2.77. The first-order chi connectivity index (χ1) is 17.4. The number of amides is 1. The molecule has 16 nitrogen and oxygen atoms in total. The van der Waals surface area contributed by atoms with Gasteiger partial charge in [-0.25, -0.2) is 0 Å². The normalized spacial score (nSPS) is 12.7. The number of aromatic hydroxyl groups is 2. The van der Waals surface area contributed by atoms with Gasteiger partial charge in [-0.1, -0.05) is 0 Å². The third-order valence-corrected chi connectivity index (χ3v) is 7.38. The SMILES string of the molecule is CNCC(=O)Nc1ccc2c(O)c(N=Nc3cc(S(=O)(=O)O)cc(S(=O)(=O)O)c3O)c(S(=O)(=O)O)cc2c1. The first-order valence-corrected chi connectivity index (χ1v) is 14.2. The van der Waals surface area contributed by atoms with E-state index in [4.69, 9.17) is 0 Å². The second kappa shape index (κ2) is 10.2. The molecule has 0 aromatic heterocycles. The van der Waals surface area contributed by atoms with Gasteiger partial charge >= 0.3 is 0 Å². The molecule has 7 N–H and O–H groups in total. The summed E-state index contributed by atoms with van der Waals surface area (Å²) in [7, 11) is -13.9. The summed E-state index contributed by atoms with van der Waals surface area (Å²) in [6.45, 7) is -0.0379. The van der Waals surface area contributed by atoms with Crippen molar-refractivity contribution in [2.24, 2.45) is 10.2 Å². The van der Waals surface area contributed by atoms with E-state index in [1.54, 1.807) is 0 Å². The van der Waals surface area contributed by atoms with Crippen LogP contribution < -0.4 is 10.6 Å². The van der Waals surface area contributed by atoms with Gasteiger partial charge in [-0.15, -0.1) is 10.2 Å². The van der Waals surface area contributed by atoms with E-state index < -0.39 is 73.8 Å². The number of hydrogen-bond donors (Lipinski definition) is 7. The Labute approximate surface area is 214 Å². The van der Waals surface area contributed by atoms with Gasteiger partial charge in [0.15, 0.2) is 11.5 Å². The molecule has 0 unspecified atom stereocenters. The highest BCUT2D eigenvalue weighted by atomic mass is 32.2. The first kappa shape index (κ1) is 28.8. The van der Waals surface area contributed by atoms with Crippen LogP contribution in [0.25, 0.3) is 10.8 Å². The first-order valence-electron chi connectivity index (χ1n) is 9.89. The summed E-state index contributed by atoms with van der Waals surface area (Å²) in [4.78, 5) is 8.27. The van der Waals surface area contributed by atoms with Crippen molar-refractivity contribution in [2.45, 2.75) is 14.7 Å². The number of fused-ring (bicyclic) bond motifs is 1. The van der Waals surface area contributed by atoms with Gasteiger partial charge in [0, 0.05) is 11.1 Å². The van der Waals surface area contributed by atoms with Gasteiger partial charge in [0.25, 0.3) is 30.4 Å². The van der Waals surface area contributed by atoms with Crippen molar-refractivity contribution in [2.75, 3.05) is 18.9 Å². The Kier molecular flexibility index (Phi) is 7.75. The molecule has 0 aliphatic rings. The summed E-state index contributed by atoms with van der Waals surface area (Å²) in [5.41, 5.74) is -1.69. The molecule has 0 saturated heterocycles. The lowest BCUT2D eigenvalue weighted by atomic mass is 10.1. The summed E-state index contributed by atoms with van der Waals surface area (Å²) in [5, 5.41) is 32.8. The van der Waals surface area contributed by atoms with E-state index >= 15 is 0 Å². The van der Waals surface area contributed by atoms with Gasteiger partial charge in [-0.3, -0.25) is 18.5 Å². The van der Waals surface area contributed by atoms with Crippen molar-refractivity contribution < 1.29 is 53.9 Å². The fourth-order valence-electron chi connectivity index (χ4n) is 3.18. The van der Waals surface area contributed by atoms with Gasteiger partial charge in [0.05, 0.1) is 11.4 Å². The molecule has 1 amide bonds. The van der Waals surface area contributed by atoms with Crippen LogP contribution in [-0.4, -0.2) is 68.6 Å². The van der Waals surface area contributed by atoms with Crippen molar-refractivity contribution in [3.05, 3.63) is 36.4 Å². The average molecular weight is 591 g/mol. The van der Waals surface area contributed by atoms with Crippen LogP contribution in [0.15, 0.2) is 61.3 Å². The Morgan fingerprint density at radius 1 is 0.816 bits per heavy atom. The topological polar surface area (TPSA) is 269 Å². The standard InChI is InChI=1S/C19H18N4O12S3/c1-20-8-16(24)21-10-2-3-12-9(4-10)5-14(37(30,31)32)17(18(12)25)23-22-13-6-11(36(27,28)29)7-15(19(13)26)38(33,34)35/h2-7,20,25-26H,8H2,1H3,(H,21,24)(H,27,28,29)(H,30,31,32)(H,33,34,35). The van der Waals surface area contributed by atoms with Crippen LogP contribution in [0.4, 0.5) is 17.1 Å². The van der Waals surface area contributed by atoms with Crippen LogP contribution in [0, 0.1) is 0 Å². The fourth-order valence-corrected chi connectivity index (χ4v) is 5.07. The van der Waals surface area contributed by atoms with Crippen molar-refractivity contribution in [3.8, 4) is 11.5 Å². The van der Waals surface area contributed by atoms with Gasteiger partial charge in [-0.05, 0) is 48.8 Å². The van der Waals surface area contributed by atoms with Crippen molar-refractivity contribution in [1.29, 1.82) is 0 Å². The lowest BCUT2D eigenvalue weighted by Gasteiger charge is -2.11. The molecule has 38 heavy (non-hydrogen) atoms. The number of nitrogens with zero attached hydrogens (tertiary/aromatic N) is 2. The number of benzene rings is 3. The molecule has 0 aliphatic heterocycles. The second-order valence-electron chi connectivity index (χ2n) is 7.50. The number of phenolic OH excluding ortho intramolecular Hbond substituents is 2. The van der Waals surface area contributed by atoms with E-state index in [1.165, 1.54) is 25.2 Å². The minimum absolute atomic E-state index is 0.0150. The van der Waals surface area contributed by atoms with E-state index in [9.17, 15) is 53.9 Å². The monoisotopic (exact) mass is 590 g/mol. The number of hydrogen-bond acceptors (Lipinski definition) is 12. The van der Waals surface area contributed by atoms with Crippen LogP contribution in [0.2, 0.25) is 0 Å². The highest BCUT2D eigenvalue weighted by Crippen LogP contribution is 2.43. The van der Waals surface area contributed by atoms with E-state index in [1.807, 2.05) is 0 Å². The summed E-state index contributed by atoms with van der Waals surface area (Å²) in [6.07, 6.45) is 0. The minimum atomic E-state index is -5.25. The molecule has 0 bridgehead atoms. The number of azo groups is 1. The molecule has 0 spiro atoms. The lowest BCUT2D eigenvalue weighted by Crippen LogP contribution is -2.24. The predicted molar refractivity (Wildman–Crippen MR) is 130 cm³/mol. The maximum absolute atomic E-state index is 12.0. The Balaban J connectivity index is 2.25. The summed E-state index contributed by atoms with van der Waals surface area (Å²) in [5.74, 6) is -2.64. The minimum Gasteiger partial charge on any atom is -0.505 e. The molecule has 3 aromatic carbocycles. The molecule has 0 aliphatic carbocycles. The molecular formula is C19H18N4O12S3. The van der Waals surface area contributed by atoms with Crippen LogP contribution in [0.1, 0.15) is 0 Å². The molecule has 0 radical (unpaired) electrons. The smallest absolute Gasteiger partial charge is 0.298 e. The zero-order valence-electron chi connectivity index (χ0n) is 18.9. The van der Waals surface area contributed by atoms with Crippen molar-refractivity contribution >= 4 is 64.1 Å². The third kappa shape index (κ3) is 6.22. The van der Waals surface area contributed by atoms with E-state index in [2.05, 4.69) is 20.9 Å². The lowest BCUT2D eigenvalue weighted by molar-refractivity contribution is -0.115. The number of anilines is 1. The Morgan fingerprint density at radius 3 is 2.00 bits per heavy atom. The van der Waals surface area contributed by atoms with Crippen molar-refractivity contribution in [3.63, 3.8) is 0 Å². The second-order valence-corrected chi connectivity index (χ2v) is 11.7. The summed E-state index contributed by atoms with van der Waals surface area (Å²) < 4.78 is 98.4. The highest BCUT2D eigenvalue weighted by molar-refractivity contribution is 7.86. The number of phenols is 2. The Hall–Kier alpha value is -3.72. The molecule has 3 rings (SSSR count). The molecule has 0 fully saturated rings. The Morgan fingerprint density at radius 2 is 1.45 bits per heavy atom. The number of likely N-dealkylation sites (N-methyl/N-ethyl adjacent to an activating group) is 1. The largest absolute Gasteiger partial charge is 0.505 e. The molecule has 0 saturated carbocycles. The molecule has 3 aromatic rings. The number of carbonyl (C=O) groups excluding carboxylic acids is 1. The highest BCUT2D eigenvalue weighted by Gasteiger charge is 2.26. The zero-order chi connectivity index (χ0) is 28.6. The van der Waals surface area contributed by atoms with Gasteiger partial charge in [-0.2, -0.15) is 25.3 Å². The summed E-state index contributed by atoms with van der Waals surface area (Å²) in [6, 6.07) is 5.42. The molecule has 0 atom stereocenters. The quantitative estimate of drug-likeness (QED) is 0.145. The number of nitrogens with one attached hydrogen (secondary N) is 2. The van der Waals surface area contributed by atoms with E-state index in [0.29, 0.717) is 6.07 Å². The van der Waals surface area contributed by atoms with Crippen LogP contribution in [-0.2, 0) is 35.1 Å². The van der Waals surface area contributed by atoms with E-state index in [0.717, 1.165) is 6.07 Å². The fraction of sp³-hybridized carbons (Fsp3) is 0.105. The maximum atomic E-state index is 12.0. The molecular weight excluding hydrogens is 572 g/mol. The van der Waals surface area contributed by atoms with Crippen LogP contribution >= 0.6 is 0 Å². The van der Waals surface area contributed by atoms with Crippen LogP contribution in [0.3, 0.4) is 0 Å². The van der Waals surface area contributed by atoms with Crippen molar-refractivity contribution in [1.82, 2.24) is 5.32 Å². The number of rotatable bonds is 8. The van der Waals surface area contributed by atoms with Crippen LogP contribution in [0.5, 0.6) is 11.5 Å².